The van der Waals surface area contributed by atoms with Crippen LogP contribution in [0.5, 0.6) is 0 Å². The van der Waals surface area contributed by atoms with Crippen molar-refractivity contribution in [3.8, 4) is 11.3 Å². The van der Waals surface area contributed by atoms with E-state index >= 15 is 0 Å². The van der Waals surface area contributed by atoms with Crippen LogP contribution in [0.1, 0.15) is 36.0 Å². The minimum absolute atomic E-state index is 0.103. The van der Waals surface area contributed by atoms with Gasteiger partial charge in [0.2, 0.25) is 0 Å². The second kappa shape index (κ2) is 14.1. The molecule has 2 aromatic carbocycles. The summed E-state index contributed by atoms with van der Waals surface area (Å²) in [6, 6.07) is 13.9. The number of carboxylic acid groups (broad SMARTS) is 1. The number of rotatable bonds is 9. The summed E-state index contributed by atoms with van der Waals surface area (Å²) in [6.07, 6.45) is 3.34. The third kappa shape index (κ3) is 6.64. The summed E-state index contributed by atoms with van der Waals surface area (Å²) in [5.41, 5.74) is 3.16. The van der Waals surface area contributed by atoms with Gasteiger partial charge in [0.1, 0.15) is 11.9 Å². The lowest BCUT2D eigenvalue weighted by Gasteiger charge is -2.38. The van der Waals surface area contributed by atoms with Crippen molar-refractivity contribution in [1.82, 2.24) is 25.1 Å². The van der Waals surface area contributed by atoms with E-state index in [1.807, 2.05) is 34.5 Å². The highest BCUT2D eigenvalue weighted by Crippen LogP contribution is 2.37. The van der Waals surface area contributed by atoms with Crippen LogP contribution < -0.4 is 10.2 Å². The second-order valence-corrected chi connectivity index (χ2v) is 14.6. The quantitative estimate of drug-likeness (QED) is 0.213. The number of piperazine rings is 1. The molecule has 0 radical (unpaired) electrons. The van der Waals surface area contributed by atoms with Gasteiger partial charge in [0.15, 0.2) is 10.8 Å². The molecule has 3 aliphatic heterocycles. The number of hydrogen-bond donors (Lipinski definition) is 2. The number of pyridine rings is 1. The van der Waals surface area contributed by atoms with Crippen LogP contribution >= 0.6 is 22.9 Å². The van der Waals surface area contributed by atoms with Gasteiger partial charge >= 0.3 is 18.0 Å². The molecule has 4 aromatic rings. The van der Waals surface area contributed by atoms with E-state index in [0.29, 0.717) is 71.8 Å². The first-order valence-corrected chi connectivity index (χ1v) is 17.8. The molecule has 12 nitrogen and oxygen atoms in total. The average Bonchev–Trinajstić information content (AvgIpc) is 3.80. The number of nitrogens with one attached hydrogen (secondary N) is 1. The van der Waals surface area contributed by atoms with Crippen LogP contribution in [0.2, 0.25) is 5.02 Å². The number of carbonyl (C=O) groups is 3. The summed E-state index contributed by atoms with van der Waals surface area (Å²) in [5.74, 6) is -1.54. The average molecular weight is 744 g/mol. The van der Waals surface area contributed by atoms with Gasteiger partial charge in [0.25, 0.3) is 0 Å². The number of urea groups is 1. The van der Waals surface area contributed by atoms with E-state index in [-0.39, 0.29) is 22.7 Å². The largest absolute Gasteiger partial charge is 0.481 e. The fourth-order valence-corrected chi connectivity index (χ4v) is 7.58. The summed E-state index contributed by atoms with van der Waals surface area (Å²) in [5, 5.41) is 15.5. The minimum Gasteiger partial charge on any atom is -0.481 e. The second-order valence-electron chi connectivity index (χ2n) is 13.3. The number of fused-ring (bicyclic) bond motifs is 1. The molecule has 0 spiro atoms. The van der Waals surface area contributed by atoms with Crippen molar-refractivity contribution in [2.45, 2.75) is 31.3 Å². The number of nitrogens with zero attached hydrogens (tertiary/aromatic N) is 6. The maximum Gasteiger partial charge on any atom is 0.338 e. The highest BCUT2D eigenvalue weighted by Gasteiger charge is 2.42. The Bertz CT molecular complexity index is 2090. The summed E-state index contributed by atoms with van der Waals surface area (Å²) in [7, 11) is 1.30. The molecule has 2 atom stereocenters. The van der Waals surface area contributed by atoms with Crippen molar-refractivity contribution in [1.29, 1.82) is 0 Å². The summed E-state index contributed by atoms with van der Waals surface area (Å²) in [6.45, 7) is 5.67. The molecular formula is C37H35ClFN7O5S. The topological polar surface area (TPSA) is 141 Å². The predicted molar refractivity (Wildman–Crippen MR) is 195 cm³/mol. The first kappa shape index (κ1) is 35.2. The predicted octanol–water partition coefficient (Wildman–Crippen LogP) is 5.50. The Morgan fingerprint density at radius 3 is 2.54 bits per heavy atom. The smallest absolute Gasteiger partial charge is 0.338 e. The van der Waals surface area contributed by atoms with Crippen LogP contribution in [0, 0.1) is 5.82 Å². The highest BCUT2D eigenvalue weighted by molar-refractivity contribution is 7.11. The Morgan fingerprint density at radius 2 is 1.88 bits per heavy atom. The number of carboxylic acids is 1. The Kier molecular flexibility index (Phi) is 9.55. The number of halogens is 2. The van der Waals surface area contributed by atoms with Gasteiger partial charge in [-0.2, -0.15) is 0 Å². The zero-order valence-electron chi connectivity index (χ0n) is 28.5. The normalized spacial score (nSPS) is 19.3. The van der Waals surface area contributed by atoms with Crippen LogP contribution in [0.4, 0.5) is 14.9 Å². The fraction of sp³-hybridized carbons (Fsp3) is 0.297. The summed E-state index contributed by atoms with van der Waals surface area (Å²) >= 11 is 7.89. The number of benzene rings is 2. The van der Waals surface area contributed by atoms with Gasteiger partial charge in [-0.05, 0) is 43.7 Å². The molecule has 268 valence electrons. The number of esters is 1. The number of thiazole rings is 1. The number of hydrogen-bond acceptors (Lipinski definition) is 10. The minimum atomic E-state index is -1.01. The number of carbonyl (C=O) groups excluding carboxylic acids is 2. The van der Waals surface area contributed by atoms with Crippen molar-refractivity contribution < 1.29 is 28.6 Å². The number of methoxy groups -OCH3 is 1. The lowest BCUT2D eigenvalue weighted by atomic mass is 9.84. The Morgan fingerprint density at radius 1 is 1.10 bits per heavy atom. The molecule has 52 heavy (non-hydrogen) atoms. The highest BCUT2D eigenvalue weighted by atomic mass is 35.5. The summed E-state index contributed by atoms with van der Waals surface area (Å²) in [4.78, 5) is 58.2. The number of aromatic nitrogens is 2. The monoisotopic (exact) mass is 743 g/mol. The van der Waals surface area contributed by atoms with Gasteiger partial charge in [-0.25, -0.2) is 19.0 Å². The fourth-order valence-electron chi connectivity index (χ4n) is 6.72. The molecule has 15 heteroatoms. The van der Waals surface area contributed by atoms with Crippen molar-refractivity contribution in [3.63, 3.8) is 0 Å². The maximum absolute atomic E-state index is 14.0. The molecule has 2 N–H and O–H groups in total. The van der Waals surface area contributed by atoms with E-state index in [4.69, 9.17) is 21.3 Å². The molecule has 2 amide bonds. The molecule has 0 aliphatic carbocycles. The molecule has 3 aliphatic rings. The number of ether oxygens (including phenoxy) is 1. The van der Waals surface area contributed by atoms with Crippen molar-refractivity contribution >= 4 is 52.4 Å². The first-order valence-electron chi connectivity index (χ1n) is 16.6. The van der Waals surface area contributed by atoms with Crippen LogP contribution in [-0.2, 0) is 19.7 Å². The van der Waals surface area contributed by atoms with Gasteiger partial charge in [-0.3, -0.25) is 24.6 Å². The first-order chi connectivity index (χ1) is 24.9. The Hall–Kier alpha value is -5.18. The third-order valence-corrected chi connectivity index (χ3v) is 10.8. The molecule has 2 saturated heterocycles. The van der Waals surface area contributed by atoms with Crippen LogP contribution in [0.25, 0.3) is 11.3 Å². The zero-order chi connectivity index (χ0) is 36.7. The van der Waals surface area contributed by atoms with Gasteiger partial charge < -0.3 is 20.1 Å². The lowest BCUT2D eigenvalue weighted by Crippen LogP contribution is -2.53. The maximum atomic E-state index is 14.0. The van der Waals surface area contributed by atoms with Crippen LogP contribution in [0.15, 0.2) is 88.6 Å². The third-order valence-electron chi connectivity index (χ3n) is 9.74. The number of anilines is 1. The van der Waals surface area contributed by atoms with Crippen LogP contribution in [-0.4, -0.2) is 94.6 Å². The van der Waals surface area contributed by atoms with E-state index in [2.05, 4.69) is 20.2 Å². The molecule has 2 unspecified atom stereocenters. The Balaban J connectivity index is 1.09. The molecule has 2 aromatic heterocycles. The lowest BCUT2D eigenvalue weighted by molar-refractivity contribution is -0.142. The number of amides is 2. The molecule has 0 bridgehead atoms. The standard InChI is InChI=1S/C37H35ClFN7O5S/c1-37(2,35(48)49)22-6-4-21(5-7-22)28-11-9-24(17-41-28)46-19-25-18-44(13-14-45(25)36(46)50)20-29-30(34(47)51-3)31(26-10-8-23(39)16-27(26)38)43-32(42-29)33-40-12-15-52-33/h4-12,15-17,25,31H,13-14,18-20H2,1-3H3,(H,42,43)(H,48,49). The van der Waals surface area contributed by atoms with Gasteiger partial charge in [-0.1, -0.05) is 41.9 Å². The molecular weight excluding hydrogens is 709 g/mol. The zero-order valence-corrected chi connectivity index (χ0v) is 30.1. The van der Waals surface area contributed by atoms with E-state index in [1.165, 1.54) is 36.6 Å². The van der Waals surface area contributed by atoms with Crippen molar-refractivity contribution in [3.05, 3.63) is 111 Å². The number of aliphatic carboxylic acids is 1. The van der Waals surface area contributed by atoms with E-state index in [1.54, 1.807) is 43.3 Å². The van der Waals surface area contributed by atoms with Crippen molar-refractivity contribution in [2.24, 2.45) is 4.99 Å². The molecule has 7 rings (SSSR count). The van der Waals surface area contributed by atoms with E-state index in [0.717, 1.165) is 5.56 Å². The molecule has 5 heterocycles. The SMILES string of the molecule is COC(=O)C1=C(CN2CCN3C(=O)N(c4ccc(-c5ccc(C(C)(C)C(=O)O)cc5)nc4)CC3C2)NC(c2nccs2)=NC1c1ccc(F)cc1Cl. The van der Waals surface area contributed by atoms with Gasteiger partial charge in [0.05, 0.1) is 41.7 Å². The van der Waals surface area contributed by atoms with Gasteiger partial charge in [-0.15, -0.1) is 11.3 Å². The van der Waals surface area contributed by atoms with E-state index in [9.17, 15) is 23.9 Å². The Labute approximate surface area is 308 Å². The molecule has 2 fully saturated rings. The van der Waals surface area contributed by atoms with Gasteiger partial charge in [0, 0.05) is 66.1 Å². The number of aliphatic imine (C=N–C) groups is 1. The summed E-state index contributed by atoms with van der Waals surface area (Å²) < 4.78 is 19.3. The number of amidine groups is 1. The van der Waals surface area contributed by atoms with E-state index < -0.39 is 29.2 Å². The molecule has 0 saturated carbocycles. The van der Waals surface area contributed by atoms with Crippen molar-refractivity contribution in [2.75, 3.05) is 44.7 Å². The van der Waals surface area contributed by atoms with Crippen LogP contribution in [0.3, 0.4) is 0 Å².